The maximum absolute atomic E-state index is 13.7. The summed E-state index contributed by atoms with van der Waals surface area (Å²) in [6.07, 6.45) is 1.64. The van der Waals surface area contributed by atoms with Crippen LogP contribution in [0.4, 0.5) is 5.82 Å². The van der Waals surface area contributed by atoms with E-state index >= 15 is 0 Å². The molecule has 8 heteroatoms. The van der Waals surface area contributed by atoms with Crippen molar-refractivity contribution >= 4 is 34.3 Å². The lowest BCUT2D eigenvalue weighted by molar-refractivity contribution is 0.0969. The molecule has 1 unspecified atom stereocenters. The van der Waals surface area contributed by atoms with Gasteiger partial charge in [0.25, 0.3) is 5.91 Å². The molecule has 3 heterocycles. The van der Waals surface area contributed by atoms with Crippen LogP contribution in [-0.4, -0.2) is 17.7 Å². The Kier molecular flexibility index (Phi) is 5.06. The zero-order valence-electron chi connectivity index (χ0n) is 17.9. The topological polar surface area (TPSA) is 85.8 Å². The third-order valence-corrected chi connectivity index (χ3v) is 5.96. The Balaban J connectivity index is 1.77. The van der Waals surface area contributed by atoms with Crippen molar-refractivity contribution < 1.29 is 18.5 Å². The molecule has 166 valence electrons. The van der Waals surface area contributed by atoms with Gasteiger partial charge >= 0.3 is 0 Å². The van der Waals surface area contributed by atoms with Gasteiger partial charge in [-0.3, -0.25) is 14.5 Å². The molecule has 1 aliphatic rings. The molecule has 1 atom stereocenters. The number of benzene rings is 2. The molecular weight excluding hydrogens is 444 g/mol. The number of halogens is 1. The number of fused-ring (bicyclic) bond motifs is 2. The number of hydrogen-bond donors (Lipinski definition) is 0. The summed E-state index contributed by atoms with van der Waals surface area (Å²) in [7, 11) is 0. The van der Waals surface area contributed by atoms with E-state index < -0.39 is 11.9 Å². The number of hydrogen-bond acceptors (Lipinski definition) is 6. The second kappa shape index (κ2) is 7.94. The van der Waals surface area contributed by atoms with Crippen LogP contribution < -0.4 is 15.1 Å². The molecule has 0 radical (unpaired) electrons. The SMILES string of the molecule is C=CCOc1cccc(C2c3c(oc4cc(C)c(Cl)cc4c3=O)C(=O)N2c2cc(C)on2)c1. The smallest absolute Gasteiger partial charge is 0.296 e. The van der Waals surface area contributed by atoms with Gasteiger partial charge in [0.1, 0.15) is 23.7 Å². The van der Waals surface area contributed by atoms with Crippen LogP contribution in [-0.2, 0) is 0 Å². The molecule has 0 bridgehead atoms. The third kappa shape index (κ3) is 3.41. The highest BCUT2D eigenvalue weighted by Crippen LogP contribution is 2.42. The molecule has 5 rings (SSSR count). The van der Waals surface area contributed by atoms with Gasteiger partial charge in [-0.25, -0.2) is 0 Å². The summed E-state index contributed by atoms with van der Waals surface area (Å²) in [5, 5.41) is 4.78. The first-order chi connectivity index (χ1) is 15.9. The van der Waals surface area contributed by atoms with Crippen molar-refractivity contribution in [3.05, 3.63) is 98.6 Å². The number of carbonyl (C=O) groups excluding carboxylic acids is 1. The van der Waals surface area contributed by atoms with E-state index in [1.165, 1.54) is 4.90 Å². The van der Waals surface area contributed by atoms with Crippen molar-refractivity contribution in [3.63, 3.8) is 0 Å². The van der Waals surface area contributed by atoms with E-state index in [0.29, 0.717) is 39.7 Å². The summed E-state index contributed by atoms with van der Waals surface area (Å²) in [6.45, 7) is 7.51. The molecule has 0 spiro atoms. The predicted octanol–water partition coefficient (Wildman–Crippen LogP) is 5.37. The highest BCUT2D eigenvalue weighted by molar-refractivity contribution is 6.32. The molecule has 1 aliphatic heterocycles. The quantitative estimate of drug-likeness (QED) is 0.371. The Hall–Kier alpha value is -3.84. The number of ether oxygens (including phenoxy) is 1. The van der Waals surface area contributed by atoms with Crippen LogP contribution in [0.3, 0.4) is 0 Å². The second-order valence-corrected chi connectivity index (χ2v) is 8.22. The highest BCUT2D eigenvalue weighted by Gasteiger charge is 2.45. The molecule has 4 aromatic rings. The van der Waals surface area contributed by atoms with Crippen molar-refractivity contribution in [1.82, 2.24) is 5.16 Å². The van der Waals surface area contributed by atoms with E-state index in [1.807, 2.05) is 6.07 Å². The minimum atomic E-state index is -0.787. The van der Waals surface area contributed by atoms with Gasteiger partial charge in [-0.2, -0.15) is 0 Å². The fourth-order valence-electron chi connectivity index (χ4n) is 4.04. The molecule has 0 saturated heterocycles. The van der Waals surface area contributed by atoms with E-state index in [4.69, 9.17) is 25.3 Å². The fourth-order valence-corrected chi connectivity index (χ4v) is 4.21. The Morgan fingerprint density at radius 1 is 1.21 bits per heavy atom. The lowest BCUT2D eigenvalue weighted by Gasteiger charge is -2.22. The Labute approximate surface area is 193 Å². The fraction of sp³-hybridized carbons (Fsp3) is 0.160. The average molecular weight is 463 g/mol. The van der Waals surface area contributed by atoms with Gasteiger partial charge in [0.2, 0.25) is 5.76 Å². The van der Waals surface area contributed by atoms with E-state index in [0.717, 1.165) is 5.56 Å². The van der Waals surface area contributed by atoms with E-state index in [9.17, 15) is 9.59 Å². The standard InChI is InChI=1S/C25H19ClN2O5/c1-4-8-31-16-7-5-6-15(11-16)22-21-23(29)17-12-18(26)13(2)9-19(17)32-24(21)25(30)28(22)20-10-14(3)33-27-20/h4-7,9-12,22H,1,8H2,2-3H3. The van der Waals surface area contributed by atoms with Gasteiger partial charge in [0.15, 0.2) is 11.2 Å². The Morgan fingerprint density at radius 2 is 2.03 bits per heavy atom. The van der Waals surface area contributed by atoms with Crippen LogP contribution in [0.2, 0.25) is 5.02 Å². The number of nitrogens with zero attached hydrogens (tertiary/aromatic N) is 2. The van der Waals surface area contributed by atoms with Gasteiger partial charge in [-0.1, -0.05) is 41.5 Å². The molecule has 1 amide bonds. The van der Waals surface area contributed by atoms with Gasteiger partial charge in [-0.05, 0) is 49.2 Å². The van der Waals surface area contributed by atoms with Crippen molar-refractivity contribution in [2.45, 2.75) is 19.9 Å². The van der Waals surface area contributed by atoms with Crippen LogP contribution in [0.15, 0.2) is 68.9 Å². The molecule has 0 aliphatic carbocycles. The number of amides is 1. The normalized spacial score (nSPS) is 15.2. The number of carbonyl (C=O) groups is 1. The minimum Gasteiger partial charge on any atom is -0.490 e. The molecule has 0 fully saturated rings. The molecule has 33 heavy (non-hydrogen) atoms. The van der Waals surface area contributed by atoms with Crippen molar-refractivity contribution in [3.8, 4) is 5.75 Å². The third-order valence-electron chi connectivity index (χ3n) is 5.56. The highest BCUT2D eigenvalue weighted by atomic mass is 35.5. The van der Waals surface area contributed by atoms with Crippen LogP contribution in [0.5, 0.6) is 5.75 Å². The number of anilines is 1. The molecule has 2 aromatic heterocycles. The summed E-state index contributed by atoms with van der Waals surface area (Å²) in [6, 6.07) is 11.3. The van der Waals surface area contributed by atoms with E-state index in [2.05, 4.69) is 11.7 Å². The van der Waals surface area contributed by atoms with Crippen LogP contribution in [0, 0.1) is 13.8 Å². The Morgan fingerprint density at radius 3 is 2.76 bits per heavy atom. The van der Waals surface area contributed by atoms with E-state index in [1.54, 1.807) is 56.3 Å². The van der Waals surface area contributed by atoms with Crippen LogP contribution >= 0.6 is 11.6 Å². The first-order valence-corrected chi connectivity index (χ1v) is 10.6. The van der Waals surface area contributed by atoms with Crippen molar-refractivity contribution in [2.24, 2.45) is 0 Å². The molecule has 7 nitrogen and oxygen atoms in total. The van der Waals surface area contributed by atoms with Crippen LogP contribution in [0.25, 0.3) is 11.0 Å². The number of rotatable bonds is 5. The molecule has 2 aromatic carbocycles. The molecule has 0 N–H and O–H groups in total. The maximum Gasteiger partial charge on any atom is 0.296 e. The predicted molar refractivity (Wildman–Crippen MR) is 124 cm³/mol. The summed E-state index contributed by atoms with van der Waals surface area (Å²) in [4.78, 5) is 28.6. The van der Waals surface area contributed by atoms with Crippen LogP contribution in [0.1, 0.15) is 39.0 Å². The minimum absolute atomic E-state index is 0.0303. The van der Waals surface area contributed by atoms with Gasteiger partial charge < -0.3 is 13.7 Å². The zero-order chi connectivity index (χ0) is 23.3. The first-order valence-electron chi connectivity index (χ1n) is 10.3. The summed E-state index contributed by atoms with van der Waals surface area (Å²) in [5.74, 6) is 0.879. The summed E-state index contributed by atoms with van der Waals surface area (Å²) < 4.78 is 16.9. The van der Waals surface area contributed by atoms with Crippen molar-refractivity contribution in [2.75, 3.05) is 11.5 Å². The summed E-state index contributed by atoms with van der Waals surface area (Å²) in [5.41, 5.74) is 1.59. The maximum atomic E-state index is 13.7. The van der Waals surface area contributed by atoms with E-state index in [-0.39, 0.29) is 22.6 Å². The Bertz CT molecular complexity index is 1490. The van der Waals surface area contributed by atoms with Gasteiger partial charge in [-0.15, -0.1) is 0 Å². The first kappa shape index (κ1) is 21.0. The zero-order valence-corrected chi connectivity index (χ0v) is 18.7. The van der Waals surface area contributed by atoms with Gasteiger partial charge in [0.05, 0.1) is 17.0 Å². The average Bonchev–Trinajstić information content (AvgIpc) is 3.35. The summed E-state index contributed by atoms with van der Waals surface area (Å²) >= 11 is 6.28. The lowest BCUT2D eigenvalue weighted by atomic mass is 9.98. The van der Waals surface area contributed by atoms with Gasteiger partial charge in [0, 0.05) is 11.1 Å². The monoisotopic (exact) mass is 462 g/mol. The lowest BCUT2D eigenvalue weighted by Crippen LogP contribution is -2.29. The number of aryl methyl sites for hydroxylation is 2. The molecule has 0 saturated carbocycles. The molecular formula is C25H19ClN2O5. The van der Waals surface area contributed by atoms with Crippen molar-refractivity contribution in [1.29, 1.82) is 0 Å². The number of aromatic nitrogens is 1. The second-order valence-electron chi connectivity index (χ2n) is 7.82. The largest absolute Gasteiger partial charge is 0.490 e.